The molecule has 2 N–H and O–H groups in total. The normalized spacial score (nSPS) is 20.1. The van der Waals surface area contributed by atoms with E-state index in [-0.39, 0.29) is 11.9 Å². The van der Waals surface area contributed by atoms with Crippen molar-refractivity contribution < 1.29 is 4.79 Å². The first-order valence-corrected chi connectivity index (χ1v) is 9.73. The van der Waals surface area contributed by atoms with E-state index in [0.29, 0.717) is 11.5 Å². The first-order valence-electron chi connectivity index (χ1n) is 9.73. The summed E-state index contributed by atoms with van der Waals surface area (Å²) in [4.78, 5) is 25.1. The number of carbonyl (C=O) groups is 1. The van der Waals surface area contributed by atoms with Gasteiger partial charge in [0.15, 0.2) is 0 Å². The number of carbonyl (C=O) groups excluding carboxylic acids is 1. The largest absolute Gasteiger partial charge is 0.361 e. The molecule has 1 saturated heterocycles. The van der Waals surface area contributed by atoms with Gasteiger partial charge in [-0.1, -0.05) is 12.1 Å². The molecule has 6 heteroatoms. The average molecular weight is 377 g/mol. The van der Waals surface area contributed by atoms with Crippen LogP contribution in [0, 0.1) is 5.92 Å². The molecule has 6 nitrogen and oxygen atoms in total. The van der Waals surface area contributed by atoms with Gasteiger partial charge in [0.05, 0.1) is 5.69 Å². The quantitative estimate of drug-likeness (QED) is 0.692. The fraction of sp³-hybridized carbons (Fsp3) is 0.364. The number of nitrogens with zero attached hydrogens (tertiary/aromatic N) is 3. The molecule has 1 fully saturated rings. The van der Waals surface area contributed by atoms with Gasteiger partial charge in [0.25, 0.3) is 5.91 Å². The van der Waals surface area contributed by atoms with Crippen LogP contribution in [0.4, 0.5) is 0 Å². The zero-order valence-corrected chi connectivity index (χ0v) is 16.4. The van der Waals surface area contributed by atoms with Crippen molar-refractivity contribution >= 4 is 16.8 Å². The number of fused-ring (bicyclic) bond motifs is 1. The van der Waals surface area contributed by atoms with Gasteiger partial charge in [-0.3, -0.25) is 14.7 Å². The number of hydrogen-bond donors (Lipinski definition) is 2. The molecule has 0 radical (unpaired) electrons. The highest BCUT2D eigenvalue weighted by Crippen LogP contribution is 2.21. The molecule has 0 spiro atoms. The topological polar surface area (TPSA) is 64.3 Å². The number of rotatable bonds is 6. The number of benzene rings is 1. The van der Waals surface area contributed by atoms with Crippen molar-refractivity contribution in [2.75, 3.05) is 33.7 Å². The van der Waals surface area contributed by atoms with E-state index in [0.717, 1.165) is 42.8 Å². The van der Waals surface area contributed by atoms with E-state index >= 15 is 0 Å². The predicted molar refractivity (Wildman–Crippen MR) is 111 cm³/mol. The number of hydrogen-bond acceptors (Lipinski definition) is 4. The molecule has 1 aromatic carbocycles. The van der Waals surface area contributed by atoms with Crippen molar-refractivity contribution in [1.29, 1.82) is 0 Å². The Labute approximate surface area is 165 Å². The Morgan fingerprint density at radius 2 is 2.14 bits per heavy atom. The summed E-state index contributed by atoms with van der Waals surface area (Å²) < 4.78 is 0. The van der Waals surface area contributed by atoms with Crippen molar-refractivity contribution in [2.24, 2.45) is 5.92 Å². The maximum Gasteiger partial charge on any atom is 0.251 e. The molecule has 0 aliphatic carbocycles. The Hall–Kier alpha value is -2.70. The Morgan fingerprint density at radius 1 is 1.25 bits per heavy atom. The van der Waals surface area contributed by atoms with E-state index in [4.69, 9.17) is 0 Å². The van der Waals surface area contributed by atoms with Crippen LogP contribution in [0.3, 0.4) is 0 Å². The number of H-pyrrole nitrogens is 1. The highest BCUT2D eigenvalue weighted by Gasteiger charge is 2.34. The van der Waals surface area contributed by atoms with E-state index in [1.165, 1.54) is 0 Å². The summed E-state index contributed by atoms with van der Waals surface area (Å²) in [5.41, 5.74) is 2.75. The second-order valence-electron chi connectivity index (χ2n) is 7.90. The van der Waals surface area contributed by atoms with Crippen LogP contribution in [0.5, 0.6) is 0 Å². The summed E-state index contributed by atoms with van der Waals surface area (Å²) in [6.07, 6.45) is 3.73. The summed E-state index contributed by atoms with van der Waals surface area (Å²) in [6.45, 7) is 3.55. The van der Waals surface area contributed by atoms with E-state index in [9.17, 15) is 4.79 Å². The Balaban J connectivity index is 1.46. The number of nitrogens with one attached hydrogen (secondary N) is 2. The lowest BCUT2D eigenvalue weighted by molar-refractivity contribution is 0.0927. The Bertz CT molecular complexity index is 936. The van der Waals surface area contributed by atoms with Crippen LogP contribution in [0.1, 0.15) is 16.1 Å². The lowest BCUT2D eigenvalue weighted by atomic mass is 10.0. The standard InChI is InChI=1S/C22H27N5O/c1-26(2)12-18-13-27(14-19-5-3-4-9-23-19)15-21(18)25-22(28)17-7-6-16-8-10-24-20(16)11-17/h3-11,18,21,24H,12-15H2,1-2H3,(H,25,28)/t18-,21-/m1/s1. The van der Waals surface area contributed by atoms with Gasteiger partial charge in [0, 0.05) is 61.6 Å². The SMILES string of the molecule is CN(C)C[C@@H]1CN(Cc2ccccn2)C[C@H]1NC(=O)c1ccc2cc[nH]c2c1. The number of aromatic nitrogens is 2. The number of likely N-dealkylation sites (tertiary alicyclic amines) is 1. The minimum atomic E-state index is -0.00931. The zero-order chi connectivity index (χ0) is 19.5. The van der Waals surface area contributed by atoms with E-state index in [1.54, 1.807) is 0 Å². The van der Waals surface area contributed by atoms with Gasteiger partial charge in [-0.25, -0.2) is 0 Å². The minimum absolute atomic E-state index is 0.00931. The second-order valence-corrected chi connectivity index (χ2v) is 7.90. The summed E-state index contributed by atoms with van der Waals surface area (Å²) >= 11 is 0. The molecular formula is C22H27N5O. The first kappa shape index (κ1) is 18.7. The van der Waals surface area contributed by atoms with Crippen molar-refractivity contribution in [2.45, 2.75) is 12.6 Å². The summed E-state index contributed by atoms with van der Waals surface area (Å²) in [6, 6.07) is 13.9. The molecule has 146 valence electrons. The number of pyridine rings is 1. The molecule has 2 aromatic heterocycles. The maximum absolute atomic E-state index is 12.9. The van der Waals surface area contributed by atoms with Gasteiger partial charge in [0.2, 0.25) is 0 Å². The predicted octanol–water partition coefficient (Wildman–Crippen LogP) is 2.35. The first-order chi connectivity index (χ1) is 13.6. The van der Waals surface area contributed by atoms with Crippen LogP contribution in [-0.2, 0) is 6.54 Å². The number of amides is 1. The van der Waals surface area contributed by atoms with Gasteiger partial charge in [0.1, 0.15) is 0 Å². The van der Waals surface area contributed by atoms with Crippen LogP contribution < -0.4 is 5.32 Å². The van der Waals surface area contributed by atoms with Crippen molar-refractivity contribution in [3.05, 3.63) is 66.1 Å². The highest BCUT2D eigenvalue weighted by atomic mass is 16.1. The van der Waals surface area contributed by atoms with Crippen molar-refractivity contribution in [3.8, 4) is 0 Å². The van der Waals surface area contributed by atoms with Gasteiger partial charge in [-0.05, 0) is 49.8 Å². The van der Waals surface area contributed by atoms with E-state index in [1.807, 2.05) is 48.8 Å². The molecule has 3 heterocycles. The number of aromatic amines is 1. The molecule has 2 atom stereocenters. The molecule has 0 unspecified atom stereocenters. The second kappa shape index (κ2) is 8.12. The van der Waals surface area contributed by atoms with Crippen LogP contribution in [0.25, 0.3) is 10.9 Å². The van der Waals surface area contributed by atoms with Crippen LogP contribution in [0.15, 0.2) is 54.9 Å². The molecule has 1 aliphatic rings. The summed E-state index contributed by atoms with van der Waals surface area (Å²) in [7, 11) is 4.17. The molecule has 1 aliphatic heterocycles. The fourth-order valence-corrected chi connectivity index (χ4v) is 4.07. The van der Waals surface area contributed by atoms with Gasteiger partial charge in [-0.2, -0.15) is 0 Å². The summed E-state index contributed by atoms with van der Waals surface area (Å²) in [5.74, 6) is 0.377. The molecule has 28 heavy (non-hydrogen) atoms. The molecular weight excluding hydrogens is 350 g/mol. The van der Waals surface area contributed by atoms with Crippen LogP contribution in [-0.4, -0.2) is 65.4 Å². The van der Waals surface area contributed by atoms with Gasteiger partial charge >= 0.3 is 0 Å². The lowest BCUT2D eigenvalue weighted by Crippen LogP contribution is -2.43. The third-order valence-electron chi connectivity index (χ3n) is 5.36. The van der Waals surface area contributed by atoms with Crippen molar-refractivity contribution in [3.63, 3.8) is 0 Å². The van der Waals surface area contributed by atoms with E-state index in [2.05, 4.69) is 45.2 Å². The van der Waals surface area contributed by atoms with Crippen molar-refractivity contribution in [1.82, 2.24) is 25.1 Å². The summed E-state index contributed by atoms with van der Waals surface area (Å²) in [5, 5.41) is 4.40. The zero-order valence-electron chi connectivity index (χ0n) is 16.4. The average Bonchev–Trinajstić information content (AvgIpc) is 3.28. The molecule has 1 amide bonds. The maximum atomic E-state index is 12.9. The monoisotopic (exact) mass is 377 g/mol. The highest BCUT2D eigenvalue weighted by molar-refractivity contribution is 5.98. The smallest absolute Gasteiger partial charge is 0.251 e. The Morgan fingerprint density at radius 3 is 2.93 bits per heavy atom. The third kappa shape index (κ3) is 4.24. The van der Waals surface area contributed by atoms with Crippen LogP contribution >= 0.6 is 0 Å². The third-order valence-corrected chi connectivity index (χ3v) is 5.36. The lowest BCUT2D eigenvalue weighted by Gasteiger charge is -2.23. The molecule has 0 bridgehead atoms. The molecule has 3 aromatic rings. The molecule has 4 rings (SSSR count). The van der Waals surface area contributed by atoms with Gasteiger partial charge < -0.3 is 15.2 Å². The Kier molecular flexibility index (Phi) is 5.41. The van der Waals surface area contributed by atoms with Gasteiger partial charge in [-0.15, -0.1) is 0 Å². The fourth-order valence-electron chi connectivity index (χ4n) is 4.07. The minimum Gasteiger partial charge on any atom is -0.361 e. The molecule has 0 saturated carbocycles. The van der Waals surface area contributed by atoms with E-state index < -0.39 is 0 Å². The van der Waals surface area contributed by atoms with Crippen LogP contribution in [0.2, 0.25) is 0 Å².